The summed E-state index contributed by atoms with van der Waals surface area (Å²) >= 11 is 0. The van der Waals surface area contributed by atoms with Crippen molar-refractivity contribution in [2.75, 3.05) is 19.7 Å². The van der Waals surface area contributed by atoms with Crippen molar-refractivity contribution in [3.8, 4) is 5.75 Å². The number of amides is 1. The maximum absolute atomic E-state index is 10.9. The van der Waals surface area contributed by atoms with Gasteiger partial charge in [-0.2, -0.15) is 0 Å². The van der Waals surface area contributed by atoms with Crippen LogP contribution in [0.4, 0.5) is 0 Å². The fourth-order valence-corrected chi connectivity index (χ4v) is 2.81. The molecular formula is C16H23N3O2. The van der Waals surface area contributed by atoms with E-state index in [0.29, 0.717) is 17.9 Å². The Balaban J connectivity index is 1.46. The first-order valence-electron chi connectivity index (χ1n) is 7.78. The van der Waals surface area contributed by atoms with Gasteiger partial charge in [0, 0.05) is 25.7 Å². The van der Waals surface area contributed by atoms with E-state index in [1.165, 1.54) is 18.4 Å². The lowest BCUT2D eigenvalue weighted by molar-refractivity contribution is -0.118. The average Bonchev–Trinajstić information content (AvgIpc) is 3.16. The molecule has 1 saturated heterocycles. The van der Waals surface area contributed by atoms with Crippen molar-refractivity contribution in [2.45, 2.75) is 38.1 Å². The maximum Gasteiger partial charge on any atom is 0.216 e. The Morgan fingerprint density at radius 3 is 3.10 bits per heavy atom. The summed E-state index contributed by atoms with van der Waals surface area (Å²) in [7, 11) is 0. The van der Waals surface area contributed by atoms with Gasteiger partial charge in [0.2, 0.25) is 5.91 Å². The van der Waals surface area contributed by atoms with Crippen LogP contribution < -0.4 is 15.4 Å². The van der Waals surface area contributed by atoms with Crippen LogP contribution in [0, 0.1) is 5.92 Å². The van der Waals surface area contributed by atoms with E-state index in [1.807, 2.05) is 6.20 Å². The Morgan fingerprint density at radius 1 is 1.52 bits per heavy atom. The number of nitrogens with zero attached hydrogens (tertiary/aromatic N) is 1. The topological polar surface area (TPSA) is 63.2 Å². The molecule has 5 heteroatoms. The summed E-state index contributed by atoms with van der Waals surface area (Å²) in [4.78, 5) is 15.2. The average molecular weight is 289 g/mol. The fraction of sp³-hybridized carbons (Fsp3) is 0.625. The zero-order chi connectivity index (χ0) is 14.7. The zero-order valence-corrected chi connectivity index (χ0v) is 12.5. The third kappa shape index (κ3) is 3.94. The molecule has 2 fully saturated rings. The summed E-state index contributed by atoms with van der Waals surface area (Å²) in [5.41, 5.74) is 1.27. The molecule has 0 radical (unpaired) electrons. The van der Waals surface area contributed by atoms with Gasteiger partial charge in [0.1, 0.15) is 12.4 Å². The molecule has 0 aromatic carbocycles. The predicted octanol–water partition coefficient (Wildman–Crippen LogP) is 1.45. The molecule has 1 aliphatic heterocycles. The van der Waals surface area contributed by atoms with Gasteiger partial charge in [-0.25, -0.2) is 0 Å². The largest absolute Gasteiger partial charge is 0.490 e. The van der Waals surface area contributed by atoms with Gasteiger partial charge < -0.3 is 15.4 Å². The second kappa shape index (κ2) is 6.43. The highest BCUT2D eigenvalue weighted by atomic mass is 16.5. The SMILES string of the molecule is CC(=O)NCCC1CC1c1cncc(OCC2CCN2)c1. The third-order valence-corrected chi connectivity index (χ3v) is 4.35. The Morgan fingerprint density at radius 2 is 2.38 bits per heavy atom. The summed E-state index contributed by atoms with van der Waals surface area (Å²) in [6.45, 7) is 4.16. The van der Waals surface area contributed by atoms with Crippen LogP contribution in [0.15, 0.2) is 18.5 Å². The molecule has 3 unspecified atom stereocenters. The molecule has 1 saturated carbocycles. The molecule has 3 atom stereocenters. The van der Waals surface area contributed by atoms with Crippen LogP contribution in [0.3, 0.4) is 0 Å². The maximum atomic E-state index is 10.9. The predicted molar refractivity (Wildman–Crippen MR) is 80.3 cm³/mol. The van der Waals surface area contributed by atoms with Crippen molar-refractivity contribution in [3.63, 3.8) is 0 Å². The molecule has 1 aromatic heterocycles. The van der Waals surface area contributed by atoms with E-state index >= 15 is 0 Å². The smallest absolute Gasteiger partial charge is 0.216 e. The van der Waals surface area contributed by atoms with E-state index in [2.05, 4.69) is 21.7 Å². The van der Waals surface area contributed by atoms with Gasteiger partial charge in [0.05, 0.1) is 6.20 Å². The number of carbonyl (C=O) groups excluding carboxylic acids is 1. The summed E-state index contributed by atoms with van der Waals surface area (Å²) in [6.07, 6.45) is 7.16. The lowest BCUT2D eigenvalue weighted by atomic mass is 10.1. The molecule has 2 N–H and O–H groups in total. The molecule has 0 bridgehead atoms. The number of hydrogen-bond donors (Lipinski definition) is 2. The summed E-state index contributed by atoms with van der Waals surface area (Å²) in [5.74, 6) is 2.17. The van der Waals surface area contributed by atoms with Crippen LogP contribution in [0.1, 0.15) is 37.7 Å². The third-order valence-electron chi connectivity index (χ3n) is 4.35. The van der Waals surface area contributed by atoms with Gasteiger partial charge in [-0.1, -0.05) is 0 Å². The first kappa shape index (κ1) is 14.3. The molecule has 114 valence electrons. The second-order valence-electron chi connectivity index (χ2n) is 6.08. The van der Waals surface area contributed by atoms with Gasteiger partial charge in [0.25, 0.3) is 0 Å². The normalized spacial score (nSPS) is 26.8. The van der Waals surface area contributed by atoms with Crippen molar-refractivity contribution in [3.05, 3.63) is 24.0 Å². The van der Waals surface area contributed by atoms with E-state index in [1.54, 1.807) is 13.1 Å². The summed E-state index contributed by atoms with van der Waals surface area (Å²) in [5, 5.41) is 6.18. The lowest BCUT2D eigenvalue weighted by Crippen LogP contribution is -2.46. The second-order valence-corrected chi connectivity index (χ2v) is 6.08. The Labute approximate surface area is 125 Å². The first-order chi connectivity index (χ1) is 10.2. The van der Waals surface area contributed by atoms with Crippen molar-refractivity contribution < 1.29 is 9.53 Å². The fourth-order valence-electron chi connectivity index (χ4n) is 2.81. The minimum atomic E-state index is 0.0499. The number of rotatable bonds is 7. The van der Waals surface area contributed by atoms with E-state index in [4.69, 9.17) is 4.74 Å². The van der Waals surface area contributed by atoms with E-state index in [9.17, 15) is 4.79 Å². The van der Waals surface area contributed by atoms with E-state index in [-0.39, 0.29) is 5.91 Å². The number of aromatic nitrogens is 1. The van der Waals surface area contributed by atoms with Gasteiger partial charge >= 0.3 is 0 Å². The van der Waals surface area contributed by atoms with Gasteiger partial charge in [-0.15, -0.1) is 0 Å². The number of hydrogen-bond acceptors (Lipinski definition) is 4. The standard InChI is InChI=1S/C16H23N3O2/c1-11(20)18-4-2-12-7-16(12)13-6-15(9-17-8-13)21-10-14-3-5-19-14/h6,8-9,12,14,16,19H,2-5,7,10H2,1H3,(H,18,20). The zero-order valence-electron chi connectivity index (χ0n) is 12.5. The molecule has 2 heterocycles. The summed E-state index contributed by atoms with van der Waals surface area (Å²) < 4.78 is 5.79. The lowest BCUT2D eigenvalue weighted by Gasteiger charge is -2.27. The van der Waals surface area contributed by atoms with Gasteiger partial charge in [-0.3, -0.25) is 9.78 Å². The highest BCUT2D eigenvalue weighted by Gasteiger charge is 2.38. The molecular weight excluding hydrogens is 266 g/mol. The van der Waals surface area contributed by atoms with Crippen LogP contribution in [0.5, 0.6) is 5.75 Å². The molecule has 3 rings (SSSR count). The van der Waals surface area contributed by atoms with Crippen LogP contribution in [-0.4, -0.2) is 36.6 Å². The van der Waals surface area contributed by atoms with Crippen molar-refractivity contribution >= 4 is 5.91 Å². The monoisotopic (exact) mass is 289 g/mol. The number of nitrogens with one attached hydrogen (secondary N) is 2. The van der Waals surface area contributed by atoms with Crippen molar-refractivity contribution in [1.82, 2.24) is 15.6 Å². The Kier molecular flexibility index (Phi) is 4.39. The molecule has 21 heavy (non-hydrogen) atoms. The van der Waals surface area contributed by atoms with Crippen LogP contribution in [0.2, 0.25) is 0 Å². The van der Waals surface area contributed by atoms with Crippen LogP contribution >= 0.6 is 0 Å². The van der Waals surface area contributed by atoms with E-state index in [0.717, 1.165) is 31.9 Å². The number of ether oxygens (including phenoxy) is 1. The first-order valence-corrected chi connectivity index (χ1v) is 7.78. The van der Waals surface area contributed by atoms with E-state index < -0.39 is 0 Å². The minimum absolute atomic E-state index is 0.0499. The molecule has 1 amide bonds. The summed E-state index contributed by atoms with van der Waals surface area (Å²) in [6, 6.07) is 2.62. The van der Waals surface area contributed by atoms with Crippen LogP contribution in [-0.2, 0) is 4.79 Å². The van der Waals surface area contributed by atoms with Crippen molar-refractivity contribution in [1.29, 1.82) is 0 Å². The molecule has 2 aliphatic rings. The molecule has 0 spiro atoms. The number of pyridine rings is 1. The highest BCUT2D eigenvalue weighted by Crippen LogP contribution is 2.49. The van der Waals surface area contributed by atoms with Gasteiger partial charge in [-0.05, 0) is 49.3 Å². The van der Waals surface area contributed by atoms with Gasteiger partial charge in [0.15, 0.2) is 0 Å². The highest BCUT2D eigenvalue weighted by molar-refractivity contribution is 5.72. The molecule has 5 nitrogen and oxygen atoms in total. The Hall–Kier alpha value is -1.62. The molecule has 1 aromatic rings. The van der Waals surface area contributed by atoms with Crippen molar-refractivity contribution in [2.24, 2.45) is 5.92 Å². The number of carbonyl (C=O) groups is 1. The minimum Gasteiger partial charge on any atom is -0.490 e. The molecule has 1 aliphatic carbocycles. The Bertz CT molecular complexity index is 502. The quantitative estimate of drug-likeness (QED) is 0.797. The van der Waals surface area contributed by atoms with Crippen LogP contribution in [0.25, 0.3) is 0 Å².